The Labute approximate surface area is 778 Å². The van der Waals surface area contributed by atoms with Crippen LogP contribution in [-0.4, -0.2) is 4.98 Å². The number of hydrogen-bond acceptors (Lipinski definition) is 7. The molecule has 4 nitrogen and oxygen atoms in total. The Hall–Kier alpha value is -4.69. The van der Waals surface area contributed by atoms with Crippen molar-refractivity contribution < 1.29 is 13.3 Å². The molecule has 8 rings (SSSR count). The van der Waals surface area contributed by atoms with Crippen LogP contribution in [0.5, 0.6) is 0 Å². The van der Waals surface area contributed by atoms with Gasteiger partial charge in [-0.2, -0.15) is 0 Å². The number of thiophene rings is 3. The lowest BCUT2D eigenvalue weighted by Crippen LogP contribution is -2.16. The minimum absolute atomic E-state index is 0.115. The van der Waals surface area contributed by atoms with Crippen molar-refractivity contribution in [2.45, 2.75) is 530 Å². The van der Waals surface area contributed by atoms with Crippen molar-refractivity contribution in [1.82, 2.24) is 4.98 Å². The first-order chi connectivity index (χ1) is 54.7. The van der Waals surface area contributed by atoms with Gasteiger partial charge in [0.15, 0.2) is 0 Å². The van der Waals surface area contributed by atoms with Gasteiger partial charge in [0.05, 0.1) is 12.5 Å². The van der Waals surface area contributed by atoms with Gasteiger partial charge in [0.25, 0.3) is 0 Å². The minimum atomic E-state index is 0.115. The quantitative estimate of drug-likeness (QED) is 0.152. The predicted molar refractivity (Wildman–Crippen MR) is 570 cm³/mol. The van der Waals surface area contributed by atoms with E-state index in [0.29, 0.717) is 32.5 Å². The van der Waals surface area contributed by atoms with Crippen molar-refractivity contribution in [2.75, 3.05) is 0 Å². The molecule has 0 saturated heterocycles. The Bertz CT molecular complexity index is 3060. The molecule has 0 atom stereocenters. The molecule has 1 aromatic carbocycles. The summed E-state index contributed by atoms with van der Waals surface area (Å²) in [5.74, 6) is 4.27. The van der Waals surface area contributed by atoms with Gasteiger partial charge < -0.3 is 13.3 Å². The number of furan rings is 3. The van der Waals surface area contributed by atoms with E-state index in [1.807, 2.05) is 170 Å². The fourth-order valence-electron chi connectivity index (χ4n) is 9.49. The molecule has 7 heterocycles. The first kappa shape index (κ1) is 133. The van der Waals surface area contributed by atoms with Gasteiger partial charge in [-0.1, -0.05) is 473 Å². The molecule has 0 amide bonds. The van der Waals surface area contributed by atoms with Gasteiger partial charge in [0.2, 0.25) is 0 Å². The number of hydrogen-bond donors (Lipinski definition) is 0. The molecular weight excluding hydrogens is 1540 g/mol. The van der Waals surface area contributed by atoms with Gasteiger partial charge in [-0.05, 0) is 169 Å². The van der Waals surface area contributed by atoms with E-state index >= 15 is 0 Å². The summed E-state index contributed by atoms with van der Waals surface area (Å²) in [6.07, 6.45) is 7.69. The maximum Gasteiger partial charge on any atom is 0.109 e. The second-order valence-electron chi connectivity index (χ2n) is 46.2. The molecule has 0 aliphatic carbocycles. The second-order valence-corrected chi connectivity index (χ2v) is 49.1. The molecule has 0 aliphatic rings. The van der Waals surface area contributed by atoms with Gasteiger partial charge in [-0.3, -0.25) is 4.98 Å². The van der Waals surface area contributed by atoms with E-state index in [-0.39, 0.29) is 54.1 Å². The standard InChI is InChI=1S/C14H22.C13H21N.3C12H20O.3C12H20S.8C2H6/c1-13(2,3)11-8-7-9-12(10-11)14(4,5)6;1-12(2,3)10-7-11(9-14-8-10)13(4,5)6;2*1-11(2,3)9-7-10(13-8-9)12(4,5)6;1-11(2,3)9-7-8-10(13-9)12(4,5)6;2*1-11(2,3)9-7-10(13-8-9)12(4,5)6;1-11(2,3)9-7-8-10(13-9)12(4,5)6;8*1-2/h7-10H,1-6H3;7-9H,1-6H3;6*7-8H,1-6H3;8*1-2H3. The summed E-state index contributed by atoms with van der Waals surface area (Å²) in [6.45, 7) is 139. The number of benzene rings is 1. The van der Waals surface area contributed by atoms with Gasteiger partial charge in [0, 0.05) is 53.6 Å². The lowest BCUT2D eigenvalue weighted by atomic mass is 9.81. The SMILES string of the molecule is CC.CC.CC.CC.CC.CC.CC.CC.CC(C)(C)c1ccc(C(C)(C)C)o1.CC(C)(C)c1ccc(C(C)(C)C)s1.CC(C)(C)c1cccc(C(C)(C)C)c1.CC(C)(C)c1cncc(C(C)(C)C)c1.CC(C)(C)c1coc(C(C)(C)C)c1.CC(C)(C)c1coc(C(C)(C)C)c1.CC(C)(C)c1csc(C(C)(C)C)c1.CC(C)(C)c1csc(C(C)(C)C)c1. The van der Waals surface area contributed by atoms with Crippen molar-refractivity contribution >= 4 is 34.0 Å². The third kappa shape index (κ3) is 55.1. The summed E-state index contributed by atoms with van der Waals surface area (Å²) < 4.78 is 16.9. The maximum absolute atomic E-state index is 5.81. The predicted octanol–water partition coefficient (Wildman–Crippen LogP) is 40.8. The topological polar surface area (TPSA) is 52.3 Å². The van der Waals surface area contributed by atoms with E-state index in [9.17, 15) is 0 Å². The first-order valence-corrected chi connectivity index (χ1v) is 49.9. The van der Waals surface area contributed by atoms with E-state index in [1.54, 1.807) is 0 Å². The molecule has 7 aromatic heterocycles. The summed E-state index contributed by atoms with van der Waals surface area (Å²) in [6, 6.07) is 29.0. The molecule has 712 valence electrons. The normalized spacial score (nSPS) is 11.9. The molecule has 0 radical (unpaired) electrons. The van der Waals surface area contributed by atoms with Crippen LogP contribution in [0.25, 0.3) is 0 Å². The highest BCUT2D eigenvalue weighted by atomic mass is 32.1. The van der Waals surface area contributed by atoms with Crippen LogP contribution in [0.15, 0.2) is 128 Å². The van der Waals surface area contributed by atoms with Crippen molar-refractivity contribution in [1.29, 1.82) is 0 Å². The Morgan fingerprint density at radius 2 is 0.410 bits per heavy atom. The van der Waals surface area contributed by atoms with Crippen LogP contribution < -0.4 is 0 Å². The number of pyridine rings is 1. The summed E-state index contributed by atoms with van der Waals surface area (Å²) in [5, 5.41) is 4.58. The lowest BCUT2D eigenvalue weighted by molar-refractivity contribution is 0.344. The van der Waals surface area contributed by atoms with Gasteiger partial charge in [-0.15, -0.1) is 34.0 Å². The third-order valence-corrected chi connectivity index (χ3v) is 22.7. The average molecular weight is 1750 g/mol. The number of aromatic nitrogens is 1. The first-order valence-electron chi connectivity index (χ1n) is 47.4. The second kappa shape index (κ2) is 56.6. The highest BCUT2D eigenvalue weighted by molar-refractivity contribution is 7.12. The van der Waals surface area contributed by atoms with E-state index in [4.69, 9.17) is 13.3 Å². The zero-order chi connectivity index (χ0) is 99.6. The third-order valence-electron chi connectivity index (χ3n) is 18.1. The van der Waals surface area contributed by atoms with Crippen LogP contribution in [0.1, 0.15) is 530 Å². The monoisotopic (exact) mass is 1750 g/mol. The van der Waals surface area contributed by atoms with Crippen LogP contribution in [0, 0.1) is 0 Å². The molecule has 0 aliphatic heterocycles. The molecule has 0 fully saturated rings. The smallest absolute Gasteiger partial charge is 0.109 e. The van der Waals surface area contributed by atoms with Crippen LogP contribution in [0.3, 0.4) is 0 Å². The largest absolute Gasteiger partial charge is 0.468 e. The van der Waals surface area contributed by atoms with Gasteiger partial charge >= 0.3 is 0 Å². The van der Waals surface area contributed by atoms with E-state index < -0.39 is 0 Å². The highest BCUT2D eigenvalue weighted by Crippen LogP contribution is 2.40. The summed E-state index contributed by atoms with van der Waals surface area (Å²) in [5.41, 5.74) is 14.4. The van der Waals surface area contributed by atoms with Crippen molar-refractivity contribution in [3.8, 4) is 0 Å². The number of nitrogens with zero attached hydrogens (tertiary/aromatic N) is 1. The fourth-order valence-corrected chi connectivity index (χ4v) is 13.1. The molecule has 0 spiro atoms. The Balaban J connectivity index is -0.000000198. The Morgan fingerprint density at radius 1 is 0.197 bits per heavy atom. The summed E-state index contributed by atoms with van der Waals surface area (Å²) in [7, 11) is 0. The fraction of sp³-hybridized carbons (Fsp3) is 0.696. The van der Waals surface area contributed by atoms with E-state index in [2.05, 4.69) is 427 Å². The summed E-state index contributed by atoms with van der Waals surface area (Å²) >= 11 is 5.71. The van der Waals surface area contributed by atoms with E-state index in [1.165, 1.54) is 64.0 Å². The van der Waals surface area contributed by atoms with Crippen LogP contribution in [0.4, 0.5) is 0 Å². The van der Waals surface area contributed by atoms with Gasteiger partial charge in [0.1, 0.15) is 23.0 Å². The highest BCUT2D eigenvalue weighted by Gasteiger charge is 2.29. The lowest BCUT2D eigenvalue weighted by Gasteiger charge is -2.24. The molecule has 0 unspecified atom stereocenters. The molecule has 8 aromatic rings. The van der Waals surface area contributed by atoms with Crippen LogP contribution in [-0.2, 0) is 86.6 Å². The number of rotatable bonds is 0. The summed E-state index contributed by atoms with van der Waals surface area (Å²) in [4.78, 5) is 10.3. The van der Waals surface area contributed by atoms with Crippen LogP contribution in [0.2, 0.25) is 0 Å². The Kier molecular flexibility index (Phi) is 61.6. The van der Waals surface area contributed by atoms with Crippen molar-refractivity contribution in [2.24, 2.45) is 0 Å². The van der Waals surface area contributed by atoms with Crippen molar-refractivity contribution in [3.63, 3.8) is 0 Å². The van der Waals surface area contributed by atoms with Gasteiger partial charge in [-0.25, -0.2) is 0 Å². The average Bonchev–Trinajstić information content (AvgIpc) is 1.55. The Morgan fingerprint density at radius 3 is 0.557 bits per heavy atom. The van der Waals surface area contributed by atoms with Crippen LogP contribution >= 0.6 is 34.0 Å². The molecule has 7 heteroatoms. The molecule has 0 saturated carbocycles. The molecule has 0 bridgehead atoms. The van der Waals surface area contributed by atoms with Crippen molar-refractivity contribution in [3.05, 3.63) is 202 Å². The zero-order valence-electron chi connectivity index (χ0n) is 93.9. The van der Waals surface area contributed by atoms with E-state index in [0.717, 1.165) is 23.0 Å². The minimum Gasteiger partial charge on any atom is -0.468 e. The molecule has 122 heavy (non-hydrogen) atoms. The molecule has 0 N–H and O–H groups in total. The maximum atomic E-state index is 5.81. The molecular formula is C115H211NO3S3. The zero-order valence-corrected chi connectivity index (χ0v) is 96.3.